The highest BCUT2D eigenvalue weighted by Crippen LogP contribution is 2.15. The molecule has 2 rings (SSSR count). The number of halogens is 2. The topological polar surface area (TPSA) is 17.1 Å². The Morgan fingerprint density at radius 2 is 1.83 bits per heavy atom. The number of hydrogen-bond donors (Lipinski definition) is 0. The summed E-state index contributed by atoms with van der Waals surface area (Å²) in [5.74, 6) is -1.24. The monoisotopic (exact) mass is 246 g/mol. The van der Waals surface area contributed by atoms with E-state index in [9.17, 15) is 13.6 Å². The summed E-state index contributed by atoms with van der Waals surface area (Å²) in [7, 11) is 0. The first-order chi connectivity index (χ1) is 8.58. The molecule has 0 aromatic heterocycles. The molecule has 0 unspecified atom stereocenters. The van der Waals surface area contributed by atoms with Gasteiger partial charge in [0.15, 0.2) is 5.78 Å². The highest BCUT2D eigenvalue weighted by atomic mass is 19.1. The van der Waals surface area contributed by atoms with Crippen molar-refractivity contribution in [1.29, 1.82) is 0 Å². The molecule has 18 heavy (non-hydrogen) atoms. The molecule has 0 bridgehead atoms. The minimum atomic E-state index is -0.501. The molecule has 0 N–H and O–H groups in total. The van der Waals surface area contributed by atoms with Crippen LogP contribution in [0.4, 0.5) is 8.78 Å². The van der Waals surface area contributed by atoms with Gasteiger partial charge in [-0.2, -0.15) is 0 Å². The van der Waals surface area contributed by atoms with Gasteiger partial charge >= 0.3 is 0 Å². The van der Waals surface area contributed by atoms with Crippen LogP contribution in [0.1, 0.15) is 21.5 Å². The van der Waals surface area contributed by atoms with Gasteiger partial charge in [-0.1, -0.05) is 24.3 Å². The fraction of sp³-hybridized carbons (Fsp3) is 0.133. The van der Waals surface area contributed by atoms with E-state index in [4.69, 9.17) is 0 Å². The quantitative estimate of drug-likeness (QED) is 0.755. The zero-order chi connectivity index (χ0) is 13.1. The highest BCUT2D eigenvalue weighted by molar-refractivity contribution is 5.97. The lowest BCUT2D eigenvalue weighted by atomic mass is 10.0. The highest BCUT2D eigenvalue weighted by Gasteiger charge is 2.13. The lowest BCUT2D eigenvalue weighted by molar-refractivity contribution is 0.0989. The Morgan fingerprint density at radius 1 is 1.11 bits per heavy atom. The summed E-state index contributed by atoms with van der Waals surface area (Å²) in [6.07, 6.45) is -0.00185. The Kier molecular flexibility index (Phi) is 3.51. The van der Waals surface area contributed by atoms with Crippen molar-refractivity contribution >= 4 is 5.78 Å². The van der Waals surface area contributed by atoms with Gasteiger partial charge in [0.1, 0.15) is 11.6 Å². The van der Waals surface area contributed by atoms with Crippen LogP contribution in [0.25, 0.3) is 0 Å². The molecular formula is C15H12F2O. The van der Waals surface area contributed by atoms with Crippen LogP contribution >= 0.6 is 0 Å². The summed E-state index contributed by atoms with van der Waals surface area (Å²) in [5.41, 5.74) is 1.03. The average molecular weight is 246 g/mol. The molecule has 0 saturated carbocycles. The van der Waals surface area contributed by atoms with E-state index in [-0.39, 0.29) is 17.8 Å². The van der Waals surface area contributed by atoms with E-state index < -0.39 is 11.6 Å². The maximum Gasteiger partial charge on any atom is 0.170 e. The molecule has 0 saturated heterocycles. The van der Waals surface area contributed by atoms with Crippen LogP contribution in [0.15, 0.2) is 42.5 Å². The maximum atomic E-state index is 13.7. The summed E-state index contributed by atoms with van der Waals surface area (Å²) < 4.78 is 26.7. The van der Waals surface area contributed by atoms with Crippen LogP contribution in [0.5, 0.6) is 0 Å². The molecule has 0 heterocycles. The fourth-order valence-electron chi connectivity index (χ4n) is 1.79. The van der Waals surface area contributed by atoms with Gasteiger partial charge in [0.05, 0.1) is 5.56 Å². The Balaban J connectivity index is 2.25. The van der Waals surface area contributed by atoms with Gasteiger partial charge in [0.25, 0.3) is 0 Å². The van der Waals surface area contributed by atoms with Crippen molar-refractivity contribution < 1.29 is 13.6 Å². The third kappa shape index (κ3) is 2.62. The van der Waals surface area contributed by atoms with Crippen molar-refractivity contribution in [2.24, 2.45) is 0 Å². The second-order valence-electron chi connectivity index (χ2n) is 4.17. The van der Waals surface area contributed by atoms with E-state index in [1.807, 2.05) is 0 Å². The number of carbonyl (C=O) groups excluding carboxylic acids is 1. The first-order valence-electron chi connectivity index (χ1n) is 5.60. The molecule has 2 aromatic carbocycles. The van der Waals surface area contributed by atoms with Gasteiger partial charge in [-0.25, -0.2) is 8.78 Å². The molecule has 0 atom stereocenters. The predicted octanol–water partition coefficient (Wildman–Crippen LogP) is 3.70. The van der Waals surface area contributed by atoms with E-state index in [0.717, 1.165) is 0 Å². The van der Waals surface area contributed by atoms with E-state index in [0.29, 0.717) is 11.1 Å². The smallest absolute Gasteiger partial charge is 0.170 e. The van der Waals surface area contributed by atoms with Crippen LogP contribution in [-0.4, -0.2) is 5.78 Å². The van der Waals surface area contributed by atoms with Crippen LogP contribution < -0.4 is 0 Å². The van der Waals surface area contributed by atoms with Gasteiger partial charge < -0.3 is 0 Å². The molecular weight excluding hydrogens is 234 g/mol. The Bertz CT molecular complexity index is 591. The number of aryl methyl sites for hydroxylation is 1. The van der Waals surface area contributed by atoms with Crippen molar-refractivity contribution in [2.75, 3.05) is 0 Å². The van der Waals surface area contributed by atoms with Gasteiger partial charge in [-0.15, -0.1) is 0 Å². The largest absolute Gasteiger partial charge is 0.294 e. The van der Waals surface area contributed by atoms with Crippen LogP contribution in [0, 0.1) is 18.6 Å². The molecule has 0 aliphatic heterocycles. The number of benzene rings is 2. The maximum absolute atomic E-state index is 13.7. The van der Waals surface area contributed by atoms with Crippen LogP contribution in [-0.2, 0) is 6.42 Å². The lowest BCUT2D eigenvalue weighted by Crippen LogP contribution is -2.07. The third-order valence-electron chi connectivity index (χ3n) is 2.75. The zero-order valence-corrected chi connectivity index (χ0v) is 9.91. The second-order valence-corrected chi connectivity index (χ2v) is 4.17. The Hall–Kier alpha value is -2.03. The van der Waals surface area contributed by atoms with Crippen molar-refractivity contribution in [1.82, 2.24) is 0 Å². The fourth-order valence-corrected chi connectivity index (χ4v) is 1.79. The SMILES string of the molecule is Cc1cccc(C(=O)Cc2cccc(F)c2)c1F. The molecule has 3 heteroatoms. The zero-order valence-electron chi connectivity index (χ0n) is 9.91. The van der Waals surface area contributed by atoms with Gasteiger partial charge in [0.2, 0.25) is 0 Å². The van der Waals surface area contributed by atoms with Crippen LogP contribution in [0.3, 0.4) is 0 Å². The summed E-state index contributed by atoms with van der Waals surface area (Å²) in [4.78, 5) is 11.9. The van der Waals surface area contributed by atoms with Crippen molar-refractivity contribution in [3.05, 3.63) is 70.8 Å². The number of carbonyl (C=O) groups is 1. The van der Waals surface area contributed by atoms with E-state index >= 15 is 0 Å². The van der Waals surface area contributed by atoms with Crippen LogP contribution in [0.2, 0.25) is 0 Å². The van der Waals surface area contributed by atoms with Gasteiger partial charge in [0, 0.05) is 6.42 Å². The van der Waals surface area contributed by atoms with E-state index in [1.54, 1.807) is 25.1 Å². The minimum absolute atomic E-state index is 0.00185. The molecule has 0 fully saturated rings. The second kappa shape index (κ2) is 5.08. The summed E-state index contributed by atoms with van der Waals surface area (Å²) >= 11 is 0. The van der Waals surface area contributed by atoms with E-state index in [2.05, 4.69) is 0 Å². The average Bonchev–Trinajstić information content (AvgIpc) is 2.32. The molecule has 92 valence electrons. The molecule has 0 aliphatic rings. The molecule has 0 aliphatic carbocycles. The molecule has 1 nitrogen and oxygen atoms in total. The van der Waals surface area contributed by atoms with Crippen molar-refractivity contribution in [3.8, 4) is 0 Å². The summed E-state index contributed by atoms with van der Waals surface area (Å²) in [6.45, 7) is 1.61. The third-order valence-corrected chi connectivity index (χ3v) is 2.75. The Morgan fingerprint density at radius 3 is 2.56 bits per heavy atom. The molecule has 0 amide bonds. The lowest BCUT2D eigenvalue weighted by Gasteiger charge is -2.05. The van der Waals surface area contributed by atoms with Crippen molar-refractivity contribution in [2.45, 2.75) is 13.3 Å². The first-order valence-corrected chi connectivity index (χ1v) is 5.60. The Labute approximate surface area is 104 Å². The normalized spacial score (nSPS) is 10.4. The van der Waals surface area contributed by atoms with Gasteiger partial charge in [-0.05, 0) is 36.2 Å². The van der Waals surface area contributed by atoms with Crippen molar-refractivity contribution in [3.63, 3.8) is 0 Å². The van der Waals surface area contributed by atoms with Gasteiger partial charge in [-0.3, -0.25) is 4.79 Å². The van der Waals surface area contributed by atoms with E-state index in [1.165, 1.54) is 24.3 Å². The first kappa shape index (κ1) is 12.4. The number of rotatable bonds is 3. The molecule has 0 radical (unpaired) electrons. The molecule has 0 spiro atoms. The summed E-state index contributed by atoms with van der Waals surface area (Å²) in [5, 5.41) is 0. The number of ketones is 1. The standard InChI is InChI=1S/C15H12F2O/c1-10-4-2-7-13(15(10)17)14(18)9-11-5-3-6-12(16)8-11/h2-8H,9H2,1H3. The predicted molar refractivity (Wildman–Crippen MR) is 65.6 cm³/mol. The number of hydrogen-bond acceptors (Lipinski definition) is 1. The summed E-state index contributed by atoms with van der Waals surface area (Å²) in [6, 6.07) is 10.5. The molecule has 2 aromatic rings. The minimum Gasteiger partial charge on any atom is -0.294 e. The number of Topliss-reactive ketones (excluding diaryl/α,β-unsaturated/α-hetero) is 1.